The Bertz CT molecular complexity index is 1130. The summed E-state index contributed by atoms with van der Waals surface area (Å²) in [5.74, 6) is -4.01. The average Bonchev–Trinajstić information content (AvgIpc) is 3.27. The van der Waals surface area contributed by atoms with E-state index in [-0.39, 0.29) is 25.7 Å². The van der Waals surface area contributed by atoms with E-state index in [2.05, 4.69) is 20.9 Å². The molecule has 11 N–H and O–H groups in total. The molecule has 0 bridgehead atoms. The van der Waals surface area contributed by atoms with Crippen molar-refractivity contribution in [3.63, 3.8) is 0 Å². The van der Waals surface area contributed by atoms with Crippen molar-refractivity contribution in [2.75, 3.05) is 6.54 Å². The Morgan fingerprint density at radius 2 is 1.55 bits per heavy atom. The zero-order chi connectivity index (χ0) is 28.2. The fourth-order valence-corrected chi connectivity index (χ4v) is 3.88. The van der Waals surface area contributed by atoms with Crippen LogP contribution in [0, 0.1) is 0 Å². The molecule has 0 aliphatic rings. The predicted molar refractivity (Wildman–Crippen MR) is 140 cm³/mol. The molecule has 1 heterocycles. The number of aromatic nitrogens is 1. The highest BCUT2D eigenvalue weighted by Gasteiger charge is 2.30. The van der Waals surface area contributed by atoms with Gasteiger partial charge in [-0.05, 0) is 50.8 Å². The van der Waals surface area contributed by atoms with Crippen molar-refractivity contribution in [1.82, 2.24) is 20.9 Å². The van der Waals surface area contributed by atoms with E-state index in [1.54, 1.807) is 6.20 Å². The second-order valence-electron chi connectivity index (χ2n) is 9.16. The minimum absolute atomic E-state index is 0.0787. The van der Waals surface area contributed by atoms with Gasteiger partial charge in [-0.1, -0.05) is 18.2 Å². The van der Waals surface area contributed by atoms with Gasteiger partial charge in [-0.2, -0.15) is 0 Å². The van der Waals surface area contributed by atoms with Crippen LogP contribution in [0.3, 0.4) is 0 Å². The lowest BCUT2D eigenvalue weighted by atomic mass is 10.0. The number of hydrogen-bond donors (Lipinski definition) is 8. The number of aromatic amines is 1. The fraction of sp³-hybridized carbons (Fsp3) is 0.480. The van der Waals surface area contributed by atoms with Crippen LogP contribution in [-0.4, -0.2) is 70.4 Å². The number of carboxylic acids is 1. The third-order valence-electron chi connectivity index (χ3n) is 6.02. The Kier molecular flexibility index (Phi) is 11.7. The Balaban J connectivity index is 2.25. The number of aliphatic carboxylic acids is 1. The Morgan fingerprint density at radius 3 is 2.18 bits per heavy atom. The number of amides is 4. The number of nitrogens with two attached hydrogens (primary N) is 3. The molecule has 0 radical (unpaired) electrons. The van der Waals surface area contributed by atoms with Gasteiger partial charge in [-0.3, -0.25) is 19.2 Å². The number of nitrogens with one attached hydrogen (secondary N) is 4. The van der Waals surface area contributed by atoms with Crippen LogP contribution in [0.5, 0.6) is 0 Å². The summed E-state index contributed by atoms with van der Waals surface area (Å²) in [6.07, 6.45) is 2.60. The van der Waals surface area contributed by atoms with Crippen molar-refractivity contribution < 1.29 is 29.1 Å². The van der Waals surface area contributed by atoms with Crippen LogP contribution in [0.4, 0.5) is 0 Å². The van der Waals surface area contributed by atoms with Crippen LogP contribution < -0.4 is 33.2 Å². The van der Waals surface area contributed by atoms with Gasteiger partial charge in [0.15, 0.2) is 0 Å². The summed E-state index contributed by atoms with van der Waals surface area (Å²) in [6, 6.07) is 2.93. The molecule has 4 atom stereocenters. The van der Waals surface area contributed by atoms with E-state index in [4.69, 9.17) is 17.2 Å². The smallest absolute Gasteiger partial charge is 0.326 e. The average molecular weight is 532 g/mol. The number of rotatable bonds is 16. The molecule has 0 aliphatic carbocycles. The first-order valence-corrected chi connectivity index (χ1v) is 12.5. The van der Waals surface area contributed by atoms with E-state index < -0.39 is 53.8 Å². The third-order valence-corrected chi connectivity index (χ3v) is 6.02. The standard InChI is InChI=1S/C25H37N7O6/c1-14(27)22(34)32-20(12-15-13-29-17-7-3-2-6-16(15)17)24(36)30-18(9-10-21(28)33)23(35)31-19(25(37)38)8-4-5-11-26/h2-3,6-7,13-14,18-20,29H,4-5,8-12,26-27H2,1H3,(H2,28,33)(H,30,36)(H,31,35)(H,32,34)(H,37,38). The number of hydrogen-bond acceptors (Lipinski definition) is 7. The number of H-pyrrole nitrogens is 1. The van der Waals surface area contributed by atoms with Gasteiger partial charge in [-0.25, -0.2) is 4.79 Å². The lowest BCUT2D eigenvalue weighted by Gasteiger charge is -2.25. The normalized spacial score (nSPS) is 14.2. The van der Waals surface area contributed by atoms with Gasteiger partial charge in [0.25, 0.3) is 0 Å². The number of primary amides is 1. The summed E-state index contributed by atoms with van der Waals surface area (Å²) < 4.78 is 0. The first-order chi connectivity index (χ1) is 18.0. The Hall–Kier alpha value is -3.97. The molecule has 0 fully saturated rings. The lowest BCUT2D eigenvalue weighted by molar-refractivity contribution is -0.142. The van der Waals surface area contributed by atoms with Crippen molar-refractivity contribution in [3.8, 4) is 0 Å². The van der Waals surface area contributed by atoms with Gasteiger partial charge in [0.2, 0.25) is 23.6 Å². The molecule has 4 amide bonds. The topological polar surface area (TPSA) is 236 Å². The molecule has 1 aromatic heterocycles. The zero-order valence-electron chi connectivity index (χ0n) is 21.4. The van der Waals surface area contributed by atoms with E-state index in [1.165, 1.54) is 6.92 Å². The SMILES string of the molecule is CC(N)C(=O)NC(Cc1c[nH]c2ccccc12)C(=O)NC(CCC(N)=O)C(=O)NC(CCCCN)C(=O)O. The van der Waals surface area contributed by atoms with Gasteiger partial charge in [-0.15, -0.1) is 0 Å². The summed E-state index contributed by atoms with van der Waals surface area (Å²) in [6.45, 7) is 1.85. The van der Waals surface area contributed by atoms with Gasteiger partial charge < -0.3 is 43.2 Å². The summed E-state index contributed by atoms with van der Waals surface area (Å²) in [5.41, 5.74) is 18.0. The second kappa shape index (κ2) is 14.7. The van der Waals surface area contributed by atoms with E-state index >= 15 is 0 Å². The molecule has 0 saturated heterocycles. The highest BCUT2D eigenvalue weighted by atomic mass is 16.4. The van der Waals surface area contributed by atoms with Crippen molar-refractivity contribution in [2.45, 2.75) is 69.6 Å². The minimum atomic E-state index is -1.27. The Morgan fingerprint density at radius 1 is 0.921 bits per heavy atom. The molecule has 0 aliphatic heterocycles. The first-order valence-electron chi connectivity index (χ1n) is 12.5. The summed E-state index contributed by atoms with van der Waals surface area (Å²) in [7, 11) is 0. The first kappa shape index (κ1) is 30.3. The number of benzene rings is 1. The number of fused-ring (bicyclic) bond motifs is 1. The molecule has 13 heteroatoms. The lowest BCUT2D eigenvalue weighted by Crippen LogP contribution is -2.57. The van der Waals surface area contributed by atoms with Crippen LogP contribution in [0.1, 0.15) is 44.6 Å². The van der Waals surface area contributed by atoms with Crippen LogP contribution in [0.15, 0.2) is 30.5 Å². The number of carboxylic acid groups (broad SMARTS) is 1. The molecule has 0 spiro atoms. The van der Waals surface area contributed by atoms with Gasteiger partial charge in [0.1, 0.15) is 18.1 Å². The number of carbonyl (C=O) groups excluding carboxylic acids is 4. The second-order valence-corrected chi connectivity index (χ2v) is 9.16. The molecule has 2 aromatic rings. The molecule has 38 heavy (non-hydrogen) atoms. The van der Waals surface area contributed by atoms with Gasteiger partial charge in [0, 0.05) is 29.9 Å². The van der Waals surface area contributed by atoms with E-state index in [0.29, 0.717) is 19.4 Å². The van der Waals surface area contributed by atoms with Crippen LogP contribution in [0.25, 0.3) is 10.9 Å². The van der Waals surface area contributed by atoms with Gasteiger partial charge in [0.05, 0.1) is 6.04 Å². The summed E-state index contributed by atoms with van der Waals surface area (Å²) >= 11 is 0. The van der Waals surface area contributed by atoms with Crippen molar-refractivity contribution in [3.05, 3.63) is 36.0 Å². The summed E-state index contributed by atoms with van der Waals surface area (Å²) in [4.78, 5) is 64.9. The quantitative estimate of drug-likeness (QED) is 0.125. The monoisotopic (exact) mass is 531 g/mol. The Labute approximate surface area is 220 Å². The van der Waals surface area contributed by atoms with Crippen molar-refractivity contribution in [1.29, 1.82) is 0 Å². The molecular weight excluding hydrogens is 494 g/mol. The number of unbranched alkanes of at least 4 members (excludes halogenated alkanes) is 1. The van der Waals surface area contributed by atoms with Crippen LogP contribution in [0.2, 0.25) is 0 Å². The molecule has 208 valence electrons. The number of carbonyl (C=O) groups is 5. The highest BCUT2D eigenvalue weighted by Crippen LogP contribution is 2.19. The molecule has 13 nitrogen and oxygen atoms in total. The largest absolute Gasteiger partial charge is 0.480 e. The predicted octanol–water partition coefficient (Wildman–Crippen LogP) is -1.01. The maximum Gasteiger partial charge on any atom is 0.326 e. The molecule has 1 aromatic carbocycles. The van der Waals surface area contributed by atoms with E-state index in [0.717, 1.165) is 16.5 Å². The molecular formula is C25H37N7O6. The van der Waals surface area contributed by atoms with Crippen LogP contribution >= 0.6 is 0 Å². The zero-order valence-corrected chi connectivity index (χ0v) is 21.4. The maximum atomic E-state index is 13.4. The van der Waals surface area contributed by atoms with E-state index in [1.807, 2.05) is 24.3 Å². The molecule has 4 unspecified atom stereocenters. The van der Waals surface area contributed by atoms with Crippen LogP contribution in [-0.2, 0) is 30.4 Å². The van der Waals surface area contributed by atoms with Gasteiger partial charge >= 0.3 is 5.97 Å². The summed E-state index contributed by atoms with van der Waals surface area (Å²) in [5, 5.41) is 17.9. The van der Waals surface area contributed by atoms with E-state index in [9.17, 15) is 29.1 Å². The van der Waals surface area contributed by atoms with Crippen molar-refractivity contribution >= 4 is 40.5 Å². The fourth-order valence-electron chi connectivity index (χ4n) is 3.88. The highest BCUT2D eigenvalue weighted by molar-refractivity contribution is 5.95. The third kappa shape index (κ3) is 9.16. The minimum Gasteiger partial charge on any atom is -0.480 e. The molecule has 0 saturated carbocycles. The maximum absolute atomic E-state index is 13.4. The van der Waals surface area contributed by atoms with Crippen molar-refractivity contribution in [2.24, 2.45) is 17.2 Å². The number of para-hydroxylation sites is 1. The molecule has 2 rings (SSSR count).